The van der Waals surface area contributed by atoms with Gasteiger partial charge in [-0.05, 0) is 6.92 Å². The number of rotatable bonds is 3. The maximum Gasteiger partial charge on any atom is 0.176 e. The molecule has 0 aliphatic carbocycles. The SMILES string of the molecule is CC(=O)C[C@@H]1[C@@H](O)[C@@H](C)[C@]2(C(C)C)OC[C@H]1O2. The van der Waals surface area contributed by atoms with Gasteiger partial charge in [-0.25, -0.2) is 0 Å². The van der Waals surface area contributed by atoms with Crippen LogP contribution in [-0.2, 0) is 14.3 Å². The first-order chi connectivity index (χ1) is 7.88. The maximum absolute atomic E-state index is 11.2. The number of Topliss-reactive ketones (excluding diaryl/α,β-unsaturated/α-hetero) is 1. The average Bonchev–Trinajstić information content (AvgIpc) is 2.65. The summed E-state index contributed by atoms with van der Waals surface area (Å²) in [4.78, 5) is 11.2. The number of hydrogen-bond acceptors (Lipinski definition) is 4. The van der Waals surface area contributed by atoms with Crippen LogP contribution in [0.2, 0.25) is 0 Å². The molecule has 4 heteroatoms. The van der Waals surface area contributed by atoms with Gasteiger partial charge in [0, 0.05) is 24.2 Å². The molecule has 2 aliphatic heterocycles. The molecule has 2 heterocycles. The summed E-state index contributed by atoms with van der Waals surface area (Å²) in [6.45, 7) is 8.06. The number of hydrogen-bond donors (Lipinski definition) is 1. The van der Waals surface area contributed by atoms with Gasteiger partial charge in [-0.1, -0.05) is 20.8 Å². The monoisotopic (exact) mass is 242 g/mol. The molecule has 0 radical (unpaired) electrons. The number of carbonyl (C=O) groups excluding carboxylic acids is 1. The lowest BCUT2D eigenvalue weighted by Gasteiger charge is -2.46. The van der Waals surface area contributed by atoms with Crippen LogP contribution in [0, 0.1) is 17.8 Å². The molecule has 4 nitrogen and oxygen atoms in total. The molecule has 0 unspecified atom stereocenters. The molecule has 5 atom stereocenters. The molecule has 98 valence electrons. The molecule has 2 bridgehead atoms. The number of carbonyl (C=O) groups is 1. The first kappa shape index (κ1) is 13.0. The van der Waals surface area contributed by atoms with Crippen molar-refractivity contribution >= 4 is 5.78 Å². The zero-order valence-electron chi connectivity index (χ0n) is 11.0. The molecule has 0 aromatic rings. The van der Waals surface area contributed by atoms with Crippen molar-refractivity contribution < 1.29 is 19.4 Å². The summed E-state index contributed by atoms with van der Waals surface area (Å²) >= 11 is 0. The van der Waals surface area contributed by atoms with E-state index in [0.717, 1.165) is 0 Å². The van der Waals surface area contributed by atoms with E-state index in [1.54, 1.807) is 6.92 Å². The predicted molar refractivity (Wildman–Crippen MR) is 62.4 cm³/mol. The molecular formula is C13H22O4. The second-order valence-corrected chi connectivity index (χ2v) is 5.69. The molecule has 0 aromatic heterocycles. The third-order valence-corrected chi connectivity index (χ3v) is 4.20. The molecule has 2 fully saturated rings. The number of fused-ring (bicyclic) bond motifs is 2. The van der Waals surface area contributed by atoms with Crippen molar-refractivity contribution in [2.45, 2.75) is 52.1 Å². The molecule has 0 saturated carbocycles. The molecule has 0 spiro atoms. The highest BCUT2D eigenvalue weighted by Gasteiger charge is 2.58. The Morgan fingerprint density at radius 1 is 1.53 bits per heavy atom. The van der Waals surface area contributed by atoms with Crippen LogP contribution in [-0.4, -0.2) is 35.5 Å². The summed E-state index contributed by atoms with van der Waals surface area (Å²) in [5, 5.41) is 10.4. The van der Waals surface area contributed by atoms with Gasteiger partial charge in [0.25, 0.3) is 0 Å². The zero-order valence-corrected chi connectivity index (χ0v) is 11.0. The van der Waals surface area contributed by atoms with E-state index in [9.17, 15) is 9.90 Å². The van der Waals surface area contributed by atoms with E-state index in [2.05, 4.69) is 0 Å². The van der Waals surface area contributed by atoms with Crippen LogP contribution in [0.4, 0.5) is 0 Å². The molecule has 0 amide bonds. The second-order valence-electron chi connectivity index (χ2n) is 5.69. The molecule has 17 heavy (non-hydrogen) atoms. The van der Waals surface area contributed by atoms with E-state index in [0.29, 0.717) is 13.0 Å². The van der Waals surface area contributed by atoms with Gasteiger partial charge in [0.15, 0.2) is 5.79 Å². The topological polar surface area (TPSA) is 55.8 Å². The summed E-state index contributed by atoms with van der Waals surface area (Å²) < 4.78 is 11.8. The van der Waals surface area contributed by atoms with E-state index in [1.807, 2.05) is 20.8 Å². The third kappa shape index (κ3) is 1.92. The Labute approximate surface area is 102 Å². The van der Waals surface area contributed by atoms with Gasteiger partial charge >= 0.3 is 0 Å². The Kier molecular flexibility index (Phi) is 3.31. The standard InChI is InChI=1S/C13H22O4/c1-7(2)13-9(4)12(15)10(5-8(3)14)11(17-13)6-16-13/h7,9-12,15H,5-6H2,1-4H3/t9-,10+,11-,12+,13-/m1/s1. The first-order valence-corrected chi connectivity index (χ1v) is 6.37. The average molecular weight is 242 g/mol. The number of aliphatic hydroxyl groups excluding tert-OH is 1. The number of ketones is 1. The highest BCUT2D eigenvalue weighted by Crippen LogP contribution is 2.48. The van der Waals surface area contributed by atoms with Gasteiger partial charge in [0.05, 0.1) is 18.8 Å². The van der Waals surface area contributed by atoms with Crippen molar-refractivity contribution in [1.82, 2.24) is 0 Å². The fourth-order valence-corrected chi connectivity index (χ4v) is 3.21. The van der Waals surface area contributed by atoms with Crippen LogP contribution in [0.5, 0.6) is 0 Å². The summed E-state index contributed by atoms with van der Waals surface area (Å²) in [5.74, 6) is -0.621. The number of ether oxygens (including phenoxy) is 2. The van der Waals surface area contributed by atoms with Gasteiger partial charge in [-0.2, -0.15) is 0 Å². The smallest absolute Gasteiger partial charge is 0.176 e. The summed E-state index contributed by atoms with van der Waals surface area (Å²) in [7, 11) is 0. The van der Waals surface area contributed by atoms with E-state index < -0.39 is 11.9 Å². The van der Waals surface area contributed by atoms with Crippen LogP contribution in [0.15, 0.2) is 0 Å². The Morgan fingerprint density at radius 3 is 2.71 bits per heavy atom. The van der Waals surface area contributed by atoms with Crippen molar-refractivity contribution in [2.75, 3.05) is 6.61 Å². The lowest BCUT2D eigenvalue weighted by atomic mass is 9.76. The molecule has 2 rings (SSSR count). The van der Waals surface area contributed by atoms with Crippen LogP contribution in [0.3, 0.4) is 0 Å². The summed E-state index contributed by atoms with van der Waals surface area (Å²) in [6, 6.07) is 0. The van der Waals surface area contributed by atoms with E-state index in [4.69, 9.17) is 9.47 Å². The van der Waals surface area contributed by atoms with E-state index in [-0.39, 0.29) is 29.6 Å². The second kappa shape index (κ2) is 4.34. The van der Waals surface area contributed by atoms with Crippen molar-refractivity contribution in [3.8, 4) is 0 Å². The molecule has 2 saturated heterocycles. The fourth-order valence-electron chi connectivity index (χ4n) is 3.21. The van der Waals surface area contributed by atoms with Crippen LogP contribution in [0.25, 0.3) is 0 Å². The minimum atomic E-state index is -0.669. The Bertz CT molecular complexity index is 315. The lowest BCUT2D eigenvalue weighted by molar-refractivity contribution is -0.281. The molecule has 1 N–H and O–H groups in total. The van der Waals surface area contributed by atoms with Gasteiger partial charge in [0.2, 0.25) is 0 Å². The molecule has 0 aromatic carbocycles. The van der Waals surface area contributed by atoms with E-state index in [1.165, 1.54) is 0 Å². The number of aliphatic hydroxyl groups is 1. The fraction of sp³-hybridized carbons (Fsp3) is 0.923. The molecule has 2 aliphatic rings. The third-order valence-electron chi connectivity index (χ3n) is 4.20. The lowest BCUT2D eigenvalue weighted by Crippen LogP contribution is -2.56. The Morgan fingerprint density at radius 2 is 2.18 bits per heavy atom. The van der Waals surface area contributed by atoms with Crippen LogP contribution < -0.4 is 0 Å². The normalized spacial score (nSPS) is 45.3. The molecular weight excluding hydrogens is 220 g/mol. The van der Waals surface area contributed by atoms with Crippen molar-refractivity contribution in [2.24, 2.45) is 17.8 Å². The highest BCUT2D eigenvalue weighted by molar-refractivity contribution is 5.75. The minimum absolute atomic E-state index is 0.0915. The van der Waals surface area contributed by atoms with Crippen molar-refractivity contribution in [1.29, 1.82) is 0 Å². The largest absolute Gasteiger partial charge is 0.392 e. The van der Waals surface area contributed by atoms with Crippen molar-refractivity contribution in [3.63, 3.8) is 0 Å². The first-order valence-electron chi connectivity index (χ1n) is 6.37. The summed E-state index contributed by atoms with van der Waals surface area (Å²) in [6.07, 6.45) is -0.302. The highest BCUT2D eigenvalue weighted by atomic mass is 16.7. The van der Waals surface area contributed by atoms with Crippen LogP contribution in [0.1, 0.15) is 34.1 Å². The predicted octanol–water partition coefficient (Wildman–Crippen LogP) is 1.36. The van der Waals surface area contributed by atoms with Gasteiger partial charge in [-0.3, -0.25) is 0 Å². The zero-order chi connectivity index (χ0) is 12.8. The van der Waals surface area contributed by atoms with Crippen molar-refractivity contribution in [3.05, 3.63) is 0 Å². The van der Waals surface area contributed by atoms with Gasteiger partial charge in [0.1, 0.15) is 5.78 Å². The summed E-state index contributed by atoms with van der Waals surface area (Å²) in [5.41, 5.74) is 0. The van der Waals surface area contributed by atoms with E-state index >= 15 is 0 Å². The van der Waals surface area contributed by atoms with Crippen LogP contribution >= 0.6 is 0 Å². The quantitative estimate of drug-likeness (QED) is 0.812. The maximum atomic E-state index is 11.2. The van der Waals surface area contributed by atoms with Gasteiger partial charge < -0.3 is 19.4 Å². The van der Waals surface area contributed by atoms with Gasteiger partial charge in [-0.15, -0.1) is 0 Å². The Balaban J connectivity index is 2.22. The minimum Gasteiger partial charge on any atom is -0.392 e. The Hall–Kier alpha value is -0.450.